The Morgan fingerprint density at radius 2 is 2.50 bits per heavy atom. The van der Waals surface area contributed by atoms with Gasteiger partial charge in [0.2, 0.25) is 5.24 Å². The number of likely N-dealkylation sites (N-methyl/N-ethyl adjacent to an activating group) is 1. The van der Waals surface area contributed by atoms with E-state index in [-0.39, 0.29) is 5.24 Å². The Morgan fingerprint density at radius 1 is 1.75 bits per heavy atom. The summed E-state index contributed by atoms with van der Waals surface area (Å²) in [6, 6.07) is 0.428. The molecule has 0 aliphatic carbocycles. The van der Waals surface area contributed by atoms with Crippen LogP contribution < -0.4 is 0 Å². The van der Waals surface area contributed by atoms with Crippen molar-refractivity contribution >= 4 is 16.8 Å². The predicted octanol–water partition coefficient (Wildman–Crippen LogP) is 1.79. The van der Waals surface area contributed by atoms with Gasteiger partial charge in [-0.25, -0.2) is 0 Å². The van der Waals surface area contributed by atoms with E-state index in [4.69, 9.17) is 11.6 Å². The second-order valence-electron chi connectivity index (χ2n) is 3.00. The summed E-state index contributed by atoms with van der Waals surface area (Å²) >= 11 is 5.20. The summed E-state index contributed by atoms with van der Waals surface area (Å²) in [7, 11) is 0. The summed E-state index contributed by atoms with van der Waals surface area (Å²) < 4.78 is 0. The molecule has 1 saturated heterocycles. The van der Waals surface area contributed by atoms with Crippen LogP contribution in [0.3, 0.4) is 0 Å². The van der Waals surface area contributed by atoms with Gasteiger partial charge in [0.25, 0.3) is 0 Å². The quantitative estimate of drug-likeness (QED) is 0.496. The molecule has 0 aromatic rings. The van der Waals surface area contributed by atoms with Crippen LogP contribution in [0, 0.1) is 0 Å². The molecule has 0 spiro atoms. The summed E-state index contributed by atoms with van der Waals surface area (Å²) in [5, 5.41) is -0.377. The molecule has 12 heavy (non-hydrogen) atoms. The van der Waals surface area contributed by atoms with Gasteiger partial charge in [-0.15, -0.1) is 0 Å². The molecule has 0 aromatic heterocycles. The molecule has 1 aliphatic rings. The lowest BCUT2D eigenvalue weighted by atomic mass is 10.2. The van der Waals surface area contributed by atoms with E-state index in [1.807, 2.05) is 6.08 Å². The van der Waals surface area contributed by atoms with Crippen LogP contribution in [0.2, 0.25) is 0 Å². The van der Waals surface area contributed by atoms with Crippen LogP contribution in [0.1, 0.15) is 19.8 Å². The van der Waals surface area contributed by atoms with Gasteiger partial charge in [-0.2, -0.15) is 0 Å². The van der Waals surface area contributed by atoms with Crippen LogP contribution in [0.25, 0.3) is 0 Å². The molecule has 0 amide bonds. The van der Waals surface area contributed by atoms with Crippen molar-refractivity contribution in [1.29, 1.82) is 0 Å². The minimum atomic E-state index is -0.377. The summed E-state index contributed by atoms with van der Waals surface area (Å²) in [5.74, 6) is 0. The number of allylic oxidation sites excluding steroid dienone is 1. The Kier molecular flexibility index (Phi) is 3.76. The van der Waals surface area contributed by atoms with Crippen LogP contribution in [0.4, 0.5) is 0 Å². The van der Waals surface area contributed by atoms with Gasteiger partial charge >= 0.3 is 0 Å². The molecular formula is C9H14ClNO. The van der Waals surface area contributed by atoms with Crippen molar-refractivity contribution < 1.29 is 4.79 Å². The molecule has 1 rings (SSSR count). The number of nitrogens with zero attached hydrogens (tertiary/aromatic N) is 1. The first-order valence-corrected chi connectivity index (χ1v) is 4.73. The molecule has 1 atom stereocenters. The smallest absolute Gasteiger partial charge is 0.244 e. The highest BCUT2D eigenvalue weighted by atomic mass is 35.5. The zero-order chi connectivity index (χ0) is 8.97. The summed E-state index contributed by atoms with van der Waals surface area (Å²) in [6.45, 7) is 4.32. The standard InChI is InChI=1S/C9H14ClNO/c1-2-11-7-3-4-8(11)5-6-9(10)12/h5-6,8H,2-4,7H2,1H3. The number of rotatable bonds is 3. The van der Waals surface area contributed by atoms with E-state index in [1.54, 1.807) is 0 Å². The van der Waals surface area contributed by atoms with Crippen LogP contribution in [0.5, 0.6) is 0 Å². The number of carbonyl (C=O) groups is 1. The number of halogens is 1. The Hall–Kier alpha value is -0.340. The van der Waals surface area contributed by atoms with Crippen LogP contribution in [-0.2, 0) is 4.79 Å². The third kappa shape index (κ3) is 2.61. The zero-order valence-corrected chi connectivity index (χ0v) is 8.05. The summed E-state index contributed by atoms with van der Waals surface area (Å²) in [6.07, 6.45) is 5.74. The fourth-order valence-corrected chi connectivity index (χ4v) is 1.72. The monoisotopic (exact) mass is 187 g/mol. The lowest BCUT2D eigenvalue weighted by molar-refractivity contribution is -0.107. The Labute approximate surface area is 78.2 Å². The van der Waals surface area contributed by atoms with Crippen LogP contribution in [0.15, 0.2) is 12.2 Å². The first-order valence-electron chi connectivity index (χ1n) is 4.35. The maximum Gasteiger partial charge on any atom is 0.244 e. The van der Waals surface area contributed by atoms with Crippen molar-refractivity contribution in [1.82, 2.24) is 4.90 Å². The first-order chi connectivity index (χ1) is 5.74. The SMILES string of the molecule is CCN1CCCC1C=CC(=O)Cl. The van der Waals surface area contributed by atoms with Gasteiger partial charge in [0.15, 0.2) is 0 Å². The maximum atomic E-state index is 10.5. The van der Waals surface area contributed by atoms with E-state index in [9.17, 15) is 4.79 Å². The van der Waals surface area contributed by atoms with Crippen molar-refractivity contribution in [2.45, 2.75) is 25.8 Å². The largest absolute Gasteiger partial charge is 0.297 e. The number of hydrogen-bond donors (Lipinski definition) is 0. The van der Waals surface area contributed by atoms with E-state index >= 15 is 0 Å². The fourth-order valence-electron chi connectivity index (χ4n) is 1.65. The van der Waals surface area contributed by atoms with Crippen molar-refractivity contribution in [2.24, 2.45) is 0 Å². The normalized spacial score (nSPS) is 25.3. The minimum Gasteiger partial charge on any atom is -0.297 e. The van der Waals surface area contributed by atoms with Gasteiger partial charge in [0, 0.05) is 6.04 Å². The van der Waals surface area contributed by atoms with Crippen molar-refractivity contribution in [3.63, 3.8) is 0 Å². The van der Waals surface area contributed by atoms with E-state index in [1.165, 1.54) is 12.5 Å². The number of carbonyl (C=O) groups excluding carboxylic acids is 1. The molecule has 68 valence electrons. The average Bonchev–Trinajstić information content (AvgIpc) is 2.47. The van der Waals surface area contributed by atoms with Gasteiger partial charge in [0.05, 0.1) is 0 Å². The molecule has 0 radical (unpaired) electrons. The van der Waals surface area contributed by atoms with Crippen molar-refractivity contribution in [3.8, 4) is 0 Å². The minimum absolute atomic E-state index is 0.377. The lowest BCUT2D eigenvalue weighted by Crippen LogP contribution is -2.27. The van der Waals surface area contributed by atoms with E-state index in [0.29, 0.717) is 6.04 Å². The third-order valence-corrected chi connectivity index (χ3v) is 2.40. The molecule has 1 heterocycles. The van der Waals surface area contributed by atoms with Gasteiger partial charge < -0.3 is 0 Å². The van der Waals surface area contributed by atoms with Crippen LogP contribution >= 0.6 is 11.6 Å². The highest BCUT2D eigenvalue weighted by molar-refractivity contribution is 6.66. The van der Waals surface area contributed by atoms with Gasteiger partial charge in [-0.05, 0) is 43.6 Å². The molecule has 1 aliphatic heterocycles. The zero-order valence-electron chi connectivity index (χ0n) is 7.29. The van der Waals surface area contributed by atoms with E-state index in [2.05, 4.69) is 11.8 Å². The first kappa shape index (κ1) is 9.75. The number of likely N-dealkylation sites (tertiary alicyclic amines) is 1. The summed E-state index contributed by atoms with van der Waals surface area (Å²) in [5.41, 5.74) is 0. The van der Waals surface area contributed by atoms with E-state index < -0.39 is 0 Å². The van der Waals surface area contributed by atoms with Crippen LogP contribution in [-0.4, -0.2) is 29.3 Å². The highest BCUT2D eigenvalue weighted by Crippen LogP contribution is 2.17. The Balaban J connectivity index is 2.45. The molecule has 0 aromatic carbocycles. The second-order valence-corrected chi connectivity index (χ2v) is 3.37. The highest BCUT2D eigenvalue weighted by Gasteiger charge is 2.19. The Morgan fingerprint density at radius 3 is 3.08 bits per heavy atom. The predicted molar refractivity (Wildman–Crippen MR) is 50.3 cm³/mol. The van der Waals surface area contributed by atoms with Gasteiger partial charge in [-0.3, -0.25) is 9.69 Å². The Bertz CT molecular complexity index is 191. The molecule has 0 saturated carbocycles. The number of hydrogen-bond acceptors (Lipinski definition) is 2. The molecule has 0 N–H and O–H groups in total. The molecule has 0 bridgehead atoms. The van der Waals surface area contributed by atoms with Crippen molar-refractivity contribution in [3.05, 3.63) is 12.2 Å². The maximum absolute atomic E-state index is 10.5. The fraction of sp³-hybridized carbons (Fsp3) is 0.667. The summed E-state index contributed by atoms with van der Waals surface area (Å²) in [4.78, 5) is 12.8. The molecule has 2 nitrogen and oxygen atoms in total. The topological polar surface area (TPSA) is 20.3 Å². The average molecular weight is 188 g/mol. The lowest BCUT2D eigenvalue weighted by Gasteiger charge is -2.18. The van der Waals surface area contributed by atoms with Gasteiger partial charge in [-0.1, -0.05) is 13.0 Å². The molecule has 3 heteroatoms. The second kappa shape index (κ2) is 4.63. The van der Waals surface area contributed by atoms with Gasteiger partial charge in [0.1, 0.15) is 0 Å². The molecule has 1 unspecified atom stereocenters. The molecule has 1 fully saturated rings. The third-order valence-electron chi connectivity index (χ3n) is 2.27. The molecular weight excluding hydrogens is 174 g/mol. The van der Waals surface area contributed by atoms with E-state index in [0.717, 1.165) is 19.5 Å². The van der Waals surface area contributed by atoms with Crippen molar-refractivity contribution in [2.75, 3.05) is 13.1 Å².